The largest absolute Gasteiger partial charge is 0.326 e. The molecule has 0 saturated heterocycles. The summed E-state index contributed by atoms with van der Waals surface area (Å²) in [7, 11) is -4.03. The second-order valence-corrected chi connectivity index (χ2v) is 7.15. The van der Waals surface area contributed by atoms with Crippen molar-refractivity contribution < 1.29 is 17.2 Å². The van der Waals surface area contributed by atoms with Gasteiger partial charge in [-0.2, -0.15) is 4.31 Å². The topological polar surface area (TPSA) is 63.4 Å². The van der Waals surface area contributed by atoms with E-state index in [-0.39, 0.29) is 18.2 Å². The molecule has 118 valence electrons. The summed E-state index contributed by atoms with van der Waals surface area (Å²) in [6, 6.07) is 1.97. The fraction of sp³-hybridized carbons (Fsp3) is 0.571. The number of benzene rings is 1. The maximum absolute atomic E-state index is 14.0. The predicted octanol–water partition coefficient (Wildman–Crippen LogP) is 2.38. The number of sulfonamides is 1. The van der Waals surface area contributed by atoms with Crippen molar-refractivity contribution in [3.63, 3.8) is 0 Å². The summed E-state index contributed by atoms with van der Waals surface area (Å²) >= 11 is 0. The fourth-order valence-corrected chi connectivity index (χ4v) is 4.07. The molecule has 0 aromatic heterocycles. The Hall–Kier alpha value is -1.05. The molecule has 2 rings (SSSR count). The number of nitrogens with zero attached hydrogens (tertiary/aromatic N) is 1. The number of halogens is 2. The van der Waals surface area contributed by atoms with Crippen LogP contribution in [0.1, 0.15) is 38.2 Å². The molecule has 0 heterocycles. The van der Waals surface area contributed by atoms with Crippen molar-refractivity contribution in [2.45, 2.75) is 50.1 Å². The van der Waals surface area contributed by atoms with E-state index in [9.17, 15) is 17.2 Å². The highest BCUT2D eigenvalue weighted by Crippen LogP contribution is 2.33. The van der Waals surface area contributed by atoms with Gasteiger partial charge in [0.05, 0.1) is 0 Å². The minimum atomic E-state index is -4.03. The SMILES string of the molecule is CCCCN(C1CC1)S(=O)(=O)c1cc(CN)cc(F)c1F. The lowest BCUT2D eigenvalue weighted by Crippen LogP contribution is -2.34. The normalized spacial score (nSPS) is 15.7. The van der Waals surface area contributed by atoms with E-state index in [2.05, 4.69) is 0 Å². The van der Waals surface area contributed by atoms with Gasteiger partial charge in [0, 0.05) is 19.1 Å². The molecule has 0 amide bonds. The van der Waals surface area contributed by atoms with Crippen LogP contribution in [0.5, 0.6) is 0 Å². The van der Waals surface area contributed by atoms with Gasteiger partial charge in [0.1, 0.15) is 4.90 Å². The summed E-state index contributed by atoms with van der Waals surface area (Å²) < 4.78 is 54.1. The standard InChI is InChI=1S/C14H20F2N2O2S/c1-2-3-6-18(11-4-5-11)21(19,20)13-8-10(9-17)7-12(15)14(13)16/h7-8,11H,2-6,9,17H2,1H3. The van der Waals surface area contributed by atoms with Crippen molar-refractivity contribution in [2.75, 3.05) is 6.54 Å². The maximum atomic E-state index is 14.0. The Balaban J connectivity index is 2.44. The van der Waals surface area contributed by atoms with Gasteiger partial charge in [0.25, 0.3) is 0 Å². The van der Waals surface area contributed by atoms with Crippen LogP contribution in [0.2, 0.25) is 0 Å². The smallest absolute Gasteiger partial charge is 0.246 e. The van der Waals surface area contributed by atoms with Crippen molar-refractivity contribution in [1.82, 2.24) is 4.31 Å². The van der Waals surface area contributed by atoms with E-state index in [1.807, 2.05) is 6.92 Å². The summed E-state index contributed by atoms with van der Waals surface area (Å²) in [5.41, 5.74) is 5.67. The van der Waals surface area contributed by atoms with E-state index in [1.54, 1.807) is 0 Å². The zero-order valence-electron chi connectivity index (χ0n) is 12.0. The Bertz CT molecular complexity index is 616. The van der Waals surface area contributed by atoms with Crippen LogP contribution >= 0.6 is 0 Å². The number of rotatable bonds is 7. The van der Waals surface area contributed by atoms with Crippen LogP contribution in [0.3, 0.4) is 0 Å². The molecule has 4 nitrogen and oxygen atoms in total. The monoisotopic (exact) mass is 318 g/mol. The molecule has 21 heavy (non-hydrogen) atoms. The summed E-state index contributed by atoms with van der Waals surface area (Å²) in [4.78, 5) is -0.606. The molecule has 0 spiro atoms. The first-order valence-corrected chi connectivity index (χ1v) is 8.55. The Morgan fingerprint density at radius 2 is 2.00 bits per heavy atom. The van der Waals surface area contributed by atoms with Gasteiger partial charge < -0.3 is 5.73 Å². The van der Waals surface area contributed by atoms with Crippen molar-refractivity contribution in [1.29, 1.82) is 0 Å². The van der Waals surface area contributed by atoms with E-state index in [4.69, 9.17) is 5.73 Å². The molecule has 0 unspecified atom stereocenters. The van der Waals surface area contributed by atoms with Crippen LogP contribution in [0, 0.1) is 11.6 Å². The quantitative estimate of drug-likeness (QED) is 0.839. The second kappa shape index (κ2) is 6.37. The minimum Gasteiger partial charge on any atom is -0.326 e. The Morgan fingerprint density at radius 3 is 2.52 bits per heavy atom. The van der Waals surface area contributed by atoms with Crippen molar-refractivity contribution in [3.05, 3.63) is 29.3 Å². The van der Waals surface area contributed by atoms with E-state index < -0.39 is 26.6 Å². The van der Waals surface area contributed by atoms with Gasteiger partial charge in [0.2, 0.25) is 10.0 Å². The predicted molar refractivity (Wildman–Crippen MR) is 76.1 cm³/mol. The van der Waals surface area contributed by atoms with Gasteiger partial charge in [-0.15, -0.1) is 0 Å². The molecule has 0 bridgehead atoms. The molecule has 0 aliphatic heterocycles. The molecule has 1 aromatic carbocycles. The van der Waals surface area contributed by atoms with Crippen LogP contribution < -0.4 is 5.73 Å². The molecule has 2 N–H and O–H groups in total. The fourth-order valence-electron chi connectivity index (χ4n) is 2.22. The van der Waals surface area contributed by atoms with Gasteiger partial charge in [-0.1, -0.05) is 13.3 Å². The van der Waals surface area contributed by atoms with Gasteiger partial charge in [-0.3, -0.25) is 0 Å². The first-order valence-electron chi connectivity index (χ1n) is 7.11. The van der Waals surface area contributed by atoms with Gasteiger partial charge in [-0.05, 0) is 37.0 Å². The van der Waals surface area contributed by atoms with E-state index in [0.717, 1.165) is 31.4 Å². The molecular formula is C14H20F2N2O2S. The Labute approximate surface area is 124 Å². The average molecular weight is 318 g/mol. The minimum absolute atomic E-state index is 0.0435. The highest BCUT2D eigenvalue weighted by molar-refractivity contribution is 7.89. The lowest BCUT2D eigenvalue weighted by molar-refractivity contribution is 0.390. The zero-order chi connectivity index (χ0) is 15.6. The Kier molecular flexibility index (Phi) is 4.95. The summed E-state index contributed by atoms with van der Waals surface area (Å²) in [5, 5.41) is 0. The van der Waals surface area contributed by atoms with Crippen LogP contribution in [0.15, 0.2) is 17.0 Å². The van der Waals surface area contributed by atoms with Crippen LogP contribution in [-0.4, -0.2) is 25.3 Å². The number of hydrogen-bond donors (Lipinski definition) is 1. The number of unbranched alkanes of at least 4 members (excludes halogenated alkanes) is 1. The van der Waals surface area contributed by atoms with Gasteiger partial charge in [-0.25, -0.2) is 17.2 Å². The highest BCUT2D eigenvalue weighted by Gasteiger charge is 2.39. The lowest BCUT2D eigenvalue weighted by Gasteiger charge is -2.22. The molecule has 0 radical (unpaired) electrons. The van der Waals surface area contributed by atoms with Crippen LogP contribution in [-0.2, 0) is 16.6 Å². The third-order valence-corrected chi connectivity index (χ3v) is 5.51. The lowest BCUT2D eigenvalue weighted by atomic mass is 10.2. The molecular weight excluding hydrogens is 298 g/mol. The Morgan fingerprint density at radius 1 is 1.33 bits per heavy atom. The van der Waals surface area contributed by atoms with E-state index in [0.29, 0.717) is 13.0 Å². The molecule has 1 fully saturated rings. The van der Waals surface area contributed by atoms with Crippen molar-refractivity contribution in [2.24, 2.45) is 5.73 Å². The summed E-state index contributed by atoms with van der Waals surface area (Å²) in [5.74, 6) is -2.50. The summed E-state index contributed by atoms with van der Waals surface area (Å²) in [6.45, 7) is 2.24. The first kappa shape index (κ1) is 16.3. The second-order valence-electron chi connectivity index (χ2n) is 5.29. The zero-order valence-corrected chi connectivity index (χ0v) is 12.8. The molecule has 1 saturated carbocycles. The summed E-state index contributed by atoms with van der Waals surface area (Å²) in [6.07, 6.45) is 3.06. The third kappa shape index (κ3) is 3.41. The molecule has 1 aromatic rings. The van der Waals surface area contributed by atoms with Crippen molar-refractivity contribution >= 4 is 10.0 Å². The number of hydrogen-bond acceptors (Lipinski definition) is 3. The van der Waals surface area contributed by atoms with Crippen molar-refractivity contribution in [3.8, 4) is 0 Å². The van der Waals surface area contributed by atoms with Crippen LogP contribution in [0.4, 0.5) is 8.78 Å². The maximum Gasteiger partial charge on any atom is 0.246 e. The van der Waals surface area contributed by atoms with Gasteiger partial charge >= 0.3 is 0 Å². The van der Waals surface area contributed by atoms with Gasteiger partial charge in [0.15, 0.2) is 11.6 Å². The first-order chi connectivity index (χ1) is 9.91. The van der Waals surface area contributed by atoms with E-state index in [1.165, 1.54) is 4.31 Å². The highest BCUT2D eigenvalue weighted by atomic mass is 32.2. The molecule has 1 aliphatic carbocycles. The van der Waals surface area contributed by atoms with E-state index >= 15 is 0 Å². The third-order valence-electron chi connectivity index (χ3n) is 3.56. The molecule has 7 heteroatoms. The molecule has 1 aliphatic rings. The average Bonchev–Trinajstić information content (AvgIpc) is 3.26. The number of nitrogens with two attached hydrogens (primary N) is 1. The molecule has 0 atom stereocenters. The van der Waals surface area contributed by atoms with Crippen LogP contribution in [0.25, 0.3) is 0 Å².